The van der Waals surface area contributed by atoms with E-state index in [-0.39, 0.29) is 6.04 Å². The molecule has 2 rings (SSSR count). The van der Waals surface area contributed by atoms with Gasteiger partial charge < -0.3 is 10.5 Å². The maximum atomic E-state index is 12.0. The Bertz CT molecular complexity index is 437. The van der Waals surface area contributed by atoms with Crippen LogP contribution in [0.1, 0.15) is 19.8 Å². The van der Waals surface area contributed by atoms with Crippen molar-refractivity contribution in [2.45, 2.75) is 31.2 Å². The number of imide groups is 1. The third-order valence-corrected chi connectivity index (χ3v) is 4.10. The lowest BCUT2D eigenvalue weighted by Crippen LogP contribution is -2.50. The Morgan fingerprint density at radius 1 is 1.62 bits per heavy atom. The lowest BCUT2D eigenvalue weighted by atomic mass is 9.88. The molecular formula is C13H21ClN4O3. The van der Waals surface area contributed by atoms with Gasteiger partial charge in [-0.1, -0.05) is 0 Å². The summed E-state index contributed by atoms with van der Waals surface area (Å²) < 4.78 is 5.66. The number of nitrogens with one attached hydrogen (secondary N) is 2. The van der Waals surface area contributed by atoms with Crippen LogP contribution in [-0.2, 0) is 9.53 Å². The van der Waals surface area contributed by atoms with Gasteiger partial charge >= 0.3 is 6.03 Å². The number of allylic oxidation sites excluding steroid dienone is 1. The number of primary amides is 1. The van der Waals surface area contributed by atoms with Gasteiger partial charge in [0.2, 0.25) is 5.91 Å². The summed E-state index contributed by atoms with van der Waals surface area (Å²) in [6, 6.07) is -0.926. The molecule has 2 aliphatic rings. The molecule has 0 bridgehead atoms. The monoisotopic (exact) mass is 316 g/mol. The highest BCUT2D eigenvalue weighted by molar-refractivity contribution is 6.23. The van der Waals surface area contributed by atoms with Crippen molar-refractivity contribution in [3.05, 3.63) is 11.8 Å². The predicted octanol–water partition coefficient (Wildman–Crippen LogP) is 0.308. The Hall–Kier alpha value is -1.31. The molecule has 21 heavy (non-hydrogen) atoms. The van der Waals surface area contributed by atoms with Crippen LogP contribution in [0.4, 0.5) is 4.79 Å². The average molecular weight is 317 g/mol. The zero-order valence-electron chi connectivity index (χ0n) is 12.0. The molecule has 3 atom stereocenters. The Kier molecular flexibility index (Phi) is 5.44. The van der Waals surface area contributed by atoms with Crippen molar-refractivity contribution in [1.82, 2.24) is 15.8 Å². The van der Waals surface area contributed by atoms with E-state index in [4.69, 9.17) is 22.1 Å². The molecule has 3 unspecified atom stereocenters. The molecule has 0 aromatic rings. The van der Waals surface area contributed by atoms with E-state index in [0.717, 1.165) is 25.3 Å². The third-order valence-electron chi connectivity index (χ3n) is 3.67. The highest BCUT2D eigenvalue weighted by Gasteiger charge is 2.39. The van der Waals surface area contributed by atoms with E-state index in [0.29, 0.717) is 13.0 Å². The molecule has 1 aliphatic heterocycles. The molecule has 7 nitrogen and oxygen atoms in total. The number of rotatable bonds is 4. The van der Waals surface area contributed by atoms with Crippen LogP contribution < -0.4 is 16.5 Å². The summed E-state index contributed by atoms with van der Waals surface area (Å²) in [5.41, 5.74) is 8.28. The first kappa shape index (κ1) is 16.1. The number of alkyl halides is 1. The second-order valence-corrected chi connectivity index (χ2v) is 5.62. The lowest BCUT2D eigenvalue weighted by Gasteiger charge is -2.36. The SMILES string of the molecule is CCOC1=CC(Cl)C(C(=O)NC(N)=O)CC1N1CCCN1. The van der Waals surface area contributed by atoms with Crippen molar-refractivity contribution >= 4 is 23.5 Å². The van der Waals surface area contributed by atoms with Crippen molar-refractivity contribution in [2.75, 3.05) is 19.7 Å². The number of nitrogens with two attached hydrogens (primary N) is 1. The largest absolute Gasteiger partial charge is 0.497 e. The summed E-state index contributed by atoms with van der Waals surface area (Å²) in [6.07, 6.45) is 3.27. The van der Waals surface area contributed by atoms with Gasteiger partial charge in [-0.3, -0.25) is 15.5 Å². The minimum absolute atomic E-state index is 0.0638. The normalized spacial score (nSPS) is 29.8. The van der Waals surface area contributed by atoms with Gasteiger partial charge in [0.25, 0.3) is 0 Å². The molecule has 0 aromatic carbocycles. The second kappa shape index (κ2) is 7.11. The first-order valence-electron chi connectivity index (χ1n) is 7.12. The molecule has 0 radical (unpaired) electrons. The van der Waals surface area contributed by atoms with E-state index in [9.17, 15) is 9.59 Å². The molecular weight excluding hydrogens is 296 g/mol. The molecule has 3 amide bonds. The van der Waals surface area contributed by atoms with Crippen molar-refractivity contribution in [1.29, 1.82) is 0 Å². The zero-order chi connectivity index (χ0) is 15.4. The van der Waals surface area contributed by atoms with Crippen LogP contribution in [0.25, 0.3) is 0 Å². The number of ether oxygens (including phenoxy) is 1. The van der Waals surface area contributed by atoms with Crippen LogP contribution in [0.5, 0.6) is 0 Å². The van der Waals surface area contributed by atoms with Crippen LogP contribution >= 0.6 is 11.6 Å². The maximum Gasteiger partial charge on any atom is 0.318 e. The van der Waals surface area contributed by atoms with Gasteiger partial charge in [0.05, 0.1) is 23.9 Å². The lowest BCUT2D eigenvalue weighted by molar-refractivity contribution is -0.124. The Morgan fingerprint density at radius 3 is 2.95 bits per heavy atom. The summed E-state index contributed by atoms with van der Waals surface area (Å²) >= 11 is 6.26. The van der Waals surface area contributed by atoms with Crippen LogP contribution in [0, 0.1) is 5.92 Å². The van der Waals surface area contributed by atoms with Gasteiger partial charge in [0.1, 0.15) is 5.76 Å². The molecule has 0 aromatic heterocycles. The van der Waals surface area contributed by atoms with Gasteiger partial charge in [-0.15, -0.1) is 11.6 Å². The number of carbonyl (C=O) groups is 2. The number of nitrogens with zero attached hydrogens (tertiary/aromatic N) is 1. The number of hydrogen-bond acceptors (Lipinski definition) is 5. The summed E-state index contributed by atoms with van der Waals surface area (Å²) in [5.74, 6) is -0.190. The van der Waals surface area contributed by atoms with Gasteiger partial charge in [0.15, 0.2) is 0 Å². The second-order valence-electron chi connectivity index (χ2n) is 5.11. The Balaban J connectivity index is 2.15. The Morgan fingerprint density at radius 2 is 2.38 bits per heavy atom. The molecule has 0 spiro atoms. The van der Waals surface area contributed by atoms with Gasteiger partial charge in [-0.2, -0.15) is 0 Å². The van der Waals surface area contributed by atoms with E-state index < -0.39 is 23.2 Å². The topological polar surface area (TPSA) is 96.7 Å². The molecule has 1 saturated heterocycles. The fourth-order valence-corrected chi connectivity index (χ4v) is 3.09. The summed E-state index contributed by atoms with van der Waals surface area (Å²) in [4.78, 5) is 22.9. The minimum Gasteiger partial charge on any atom is -0.497 e. The van der Waals surface area contributed by atoms with Gasteiger partial charge in [-0.05, 0) is 25.8 Å². The van der Waals surface area contributed by atoms with Crippen LogP contribution in [0.15, 0.2) is 11.8 Å². The molecule has 118 valence electrons. The van der Waals surface area contributed by atoms with E-state index in [2.05, 4.69) is 15.8 Å². The molecule has 0 saturated carbocycles. The summed E-state index contributed by atoms with van der Waals surface area (Å²) in [7, 11) is 0. The number of amides is 3. The summed E-state index contributed by atoms with van der Waals surface area (Å²) in [6.45, 7) is 4.23. The molecule has 4 N–H and O–H groups in total. The highest BCUT2D eigenvalue weighted by Crippen LogP contribution is 2.32. The fourth-order valence-electron chi connectivity index (χ4n) is 2.75. The van der Waals surface area contributed by atoms with E-state index in [1.165, 1.54) is 0 Å². The van der Waals surface area contributed by atoms with Gasteiger partial charge in [-0.25, -0.2) is 9.80 Å². The smallest absolute Gasteiger partial charge is 0.318 e. The quantitative estimate of drug-likeness (QED) is 0.649. The van der Waals surface area contributed by atoms with E-state index >= 15 is 0 Å². The zero-order valence-corrected chi connectivity index (χ0v) is 12.7. The van der Waals surface area contributed by atoms with Crippen molar-refractivity contribution in [3.8, 4) is 0 Å². The van der Waals surface area contributed by atoms with Crippen LogP contribution in [0.2, 0.25) is 0 Å². The van der Waals surface area contributed by atoms with Gasteiger partial charge in [0, 0.05) is 13.1 Å². The average Bonchev–Trinajstić information content (AvgIpc) is 2.92. The predicted molar refractivity (Wildman–Crippen MR) is 78.3 cm³/mol. The first-order chi connectivity index (χ1) is 10.0. The first-order valence-corrected chi connectivity index (χ1v) is 7.55. The summed E-state index contributed by atoms with van der Waals surface area (Å²) in [5, 5.41) is 3.65. The number of carbonyl (C=O) groups excluding carboxylic acids is 2. The highest BCUT2D eigenvalue weighted by atomic mass is 35.5. The van der Waals surface area contributed by atoms with Crippen molar-refractivity contribution in [2.24, 2.45) is 11.7 Å². The molecule has 1 aliphatic carbocycles. The maximum absolute atomic E-state index is 12.0. The molecule has 1 fully saturated rings. The van der Waals surface area contributed by atoms with Crippen molar-refractivity contribution < 1.29 is 14.3 Å². The number of urea groups is 1. The standard InChI is InChI=1S/C13H21ClN4O3/c1-2-21-11-7-9(14)8(12(19)17-13(15)20)6-10(11)18-5-3-4-16-18/h7-10,16H,2-6H2,1H3,(H3,15,17,19,20). The molecule has 8 heteroatoms. The van der Waals surface area contributed by atoms with Crippen LogP contribution in [-0.4, -0.2) is 48.1 Å². The van der Waals surface area contributed by atoms with E-state index in [1.807, 2.05) is 6.92 Å². The minimum atomic E-state index is -0.862. The Labute approximate surface area is 128 Å². The third kappa shape index (κ3) is 3.87. The number of halogens is 1. The number of hydrazine groups is 1. The van der Waals surface area contributed by atoms with Crippen molar-refractivity contribution in [3.63, 3.8) is 0 Å². The fraction of sp³-hybridized carbons (Fsp3) is 0.692. The molecule has 1 heterocycles. The van der Waals surface area contributed by atoms with Crippen LogP contribution in [0.3, 0.4) is 0 Å². The number of hydrogen-bond donors (Lipinski definition) is 3. The van der Waals surface area contributed by atoms with E-state index in [1.54, 1.807) is 6.08 Å².